The van der Waals surface area contributed by atoms with Crippen molar-refractivity contribution in [2.24, 2.45) is 5.92 Å². The van der Waals surface area contributed by atoms with Crippen LogP contribution < -0.4 is 15.3 Å². The second-order valence-electron chi connectivity index (χ2n) is 8.12. The van der Waals surface area contributed by atoms with E-state index in [0.717, 1.165) is 66.0 Å². The molecule has 6 nitrogen and oxygen atoms in total. The quantitative estimate of drug-likeness (QED) is 0.326. The summed E-state index contributed by atoms with van der Waals surface area (Å²) < 4.78 is 102. The van der Waals surface area contributed by atoms with Gasteiger partial charge in [0.15, 0.2) is 5.75 Å². The van der Waals surface area contributed by atoms with Crippen molar-refractivity contribution in [2.45, 2.75) is 25.2 Å². The summed E-state index contributed by atoms with van der Waals surface area (Å²) in [6.45, 7) is 0. The third-order valence-corrected chi connectivity index (χ3v) is 5.38. The fourth-order valence-electron chi connectivity index (χ4n) is 3.23. The molecule has 0 radical (unpaired) electrons. The summed E-state index contributed by atoms with van der Waals surface area (Å²) in [6.07, 6.45) is -8.45. The summed E-state index contributed by atoms with van der Waals surface area (Å²) in [5.41, 5.74) is -5.66. The zero-order valence-corrected chi connectivity index (χ0v) is 18.8. The largest absolute Gasteiger partial charge is 0.420 e. The Balaban J connectivity index is 1.87. The molecule has 0 bridgehead atoms. The molecule has 1 heterocycles. The number of carbonyl (C=O) groups excluding carboxylic acids is 1. The van der Waals surface area contributed by atoms with Crippen LogP contribution >= 0.6 is 0 Å². The Morgan fingerprint density at radius 2 is 1.68 bits per heavy atom. The Labute approximate surface area is 204 Å². The highest BCUT2D eigenvalue weighted by Gasteiger charge is 2.42. The van der Waals surface area contributed by atoms with Gasteiger partial charge in [0, 0.05) is 37.1 Å². The van der Waals surface area contributed by atoms with Crippen LogP contribution in [-0.4, -0.2) is 22.3 Å². The number of anilines is 1. The highest BCUT2D eigenvalue weighted by molar-refractivity contribution is 5.89. The van der Waals surface area contributed by atoms with E-state index in [1.165, 1.54) is 0 Å². The molecule has 0 N–H and O–H groups in total. The fourth-order valence-corrected chi connectivity index (χ4v) is 3.23. The monoisotopic (exact) mass is 527 g/mol. The summed E-state index contributed by atoms with van der Waals surface area (Å²) in [5.74, 6) is 0.835. The zero-order chi connectivity index (χ0) is 27.1. The predicted molar refractivity (Wildman–Crippen MR) is 117 cm³/mol. The van der Waals surface area contributed by atoms with Gasteiger partial charge in [0.1, 0.15) is 11.4 Å². The lowest BCUT2D eigenvalue weighted by atomic mass is 10.1. The highest BCUT2D eigenvalue weighted by atomic mass is 19.4. The van der Waals surface area contributed by atoms with Crippen LogP contribution in [0.5, 0.6) is 5.75 Å². The van der Waals surface area contributed by atoms with Gasteiger partial charge in [-0.3, -0.25) is 9.47 Å². The van der Waals surface area contributed by atoms with Gasteiger partial charge in [-0.2, -0.15) is 26.3 Å². The lowest BCUT2D eigenvalue weighted by molar-refractivity contribution is -0.143. The van der Waals surface area contributed by atoms with E-state index < -0.39 is 52.5 Å². The van der Waals surface area contributed by atoms with E-state index in [2.05, 4.69) is 12.0 Å². The van der Waals surface area contributed by atoms with Crippen molar-refractivity contribution in [3.05, 3.63) is 76.2 Å². The SMILES string of the molecule is CN(C(=O)Oc1c(-n2ccn(C#CC3CC3)c2=O)cc(C(F)(F)F)cc1C(F)(F)F)c1ccc(F)cc1. The molecule has 1 saturated carbocycles. The Hall–Kier alpha value is -4.21. The number of amides is 1. The molecule has 0 saturated heterocycles. The summed E-state index contributed by atoms with van der Waals surface area (Å²) in [7, 11) is 1.10. The number of hydrogen-bond donors (Lipinski definition) is 0. The van der Waals surface area contributed by atoms with Crippen molar-refractivity contribution in [3.8, 4) is 23.4 Å². The second-order valence-corrected chi connectivity index (χ2v) is 8.12. The smallest absolute Gasteiger partial charge is 0.407 e. The lowest BCUT2D eigenvalue weighted by Gasteiger charge is -2.22. The van der Waals surface area contributed by atoms with Crippen molar-refractivity contribution < 1.29 is 40.3 Å². The molecule has 1 fully saturated rings. The zero-order valence-electron chi connectivity index (χ0n) is 18.8. The van der Waals surface area contributed by atoms with Crippen molar-refractivity contribution in [1.29, 1.82) is 0 Å². The van der Waals surface area contributed by atoms with Crippen LogP contribution in [0.3, 0.4) is 0 Å². The molecule has 4 rings (SSSR count). The minimum Gasteiger partial charge on any atom is -0.407 e. The van der Waals surface area contributed by atoms with E-state index in [4.69, 9.17) is 4.74 Å². The summed E-state index contributed by atoms with van der Waals surface area (Å²) in [5, 5.41) is 0. The number of hydrogen-bond acceptors (Lipinski definition) is 3. The average Bonchev–Trinajstić information content (AvgIpc) is 3.58. The number of carbonyl (C=O) groups is 1. The fraction of sp³-hybridized carbons (Fsp3) is 0.250. The molecule has 0 spiro atoms. The molecule has 0 atom stereocenters. The first kappa shape index (κ1) is 25.9. The Bertz CT molecular complexity index is 1450. The van der Waals surface area contributed by atoms with Crippen LogP contribution in [-0.2, 0) is 12.4 Å². The molecule has 1 aliphatic rings. The van der Waals surface area contributed by atoms with Crippen molar-refractivity contribution in [2.75, 3.05) is 11.9 Å². The molecule has 0 aliphatic heterocycles. The van der Waals surface area contributed by atoms with E-state index >= 15 is 0 Å². The molecular formula is C24H16F7N3O3. The number of halogens is 7. The van der Waals surface area contributed by atoms with Crippen molar-refractivity contribution in [1.82, 2.24) is 9.13 Å². The Kier molecular flexibility index (Phi) is 6.53. The topological polar surface area (TPSA) is 56.5 Å². The maximum absolute atomic E-state index is 13.9. The van der Waals surface area contributed by atoms with E-state index in [1.54, 1.807) is 0 Å². The van der Waals surface area contributed by atoms with Crippen LogP contribution in [0.1, 0.15) is 24.0 Å². The third kappa shape index (κ3) is 5.63. The third-order valence-electron chi connectivity index (χ3n) is 5.38. The molecule has 1 aromatic heterocycles. The molecular weight excluding hydrogens is 511 g/mol. The Morgan fingerprint density at radius 1 is 1.03 bits per heavy atom. The van der Waals surface area contributed by atoms with Gasteiger partial charge in [0.05, 0.1) is 11.3 Å². The molecule has 1 amide bonds. The first-order chi connectivity index (χ1) is 17.3. The number of benzene rings is 2. The second kappa shape index (κ2) is 9.34. The van der Waals surface area contributed by atoms with Gasteiger partial charge in [0.25, 0.3) is 0 Å². The van der Waals surface area contributed by atoms with Gasteiger partial charge < -0.3 is 4.74 Å². The molecule has 3 aromatic rings. The molecule has 1 aliphatic carbocycles. The maximum Gasteiger partial charge on any atom is 0.420 e. The number of aromatic nitrogens is 2. The minimum atomic E-state index is -5.40. The minimum absolute atomic E-state index is 0.0205. The number of nitrogens with zero attached hydrogens (tertiary/aromatic N) is 3. The van der Waals surface area contributed by atoms with Gasteiger partial charge in [-0.05, 0) is 49.2 Å². The number of rotatable bonds is 3. The number of ether oxygens (including phenoxy) is 1. The standard InChI is InChI=1S/C24H16F7N3O3/c1-32(17-6-4-16(25)5-7-17)22(36)37-20-18(24(29,30)31)12-15(23(26,27)28)13-19(20)34-11-10-33(21(34)35)9-8-14-2-3-14/h4-7,10-14H,2-3H2,1H3. The van der Waals surface area contributed by atoms with E-state index in [-0.39, 0.29) is 23.7 Å². The highest BCUT2D eigenvalue weighted by Crippen LogP contribution is 2.44. The van der Waals surface area contributed by atoms with Crippen molar-refractivity contribution in [3.63, 3.8) is 0 Å². The van der Waals surface area contributed by atoms with Gasteiger partial charge in [0.2, 0.25) is 0 Å². The van der Waals surface area contributed by atoms with E-state index in [9.17, 15) is 40.3 Å². The number of alkyl halides is 6. The van der Waals surface area contributed by atoms with E-state index in [0.29, 0.717) is 4.57 Å². The molecule has 0 unspecified atom stereocenters. The van der Waals surface area contributed by atoms with Gasteiger partial charge in [-0.1, -0.05) is 5.92 Å². The predicted octanol–water partition coefficient (Wildman–Crippen LogP) is 5.67. The van der Waals surface area contributed by atoms with Crippen LogP contribution in [0, 0.1) is 23.7 Å². The van der Waals surface area contributed by atoms with Gasteiger partial charge >= 0.3 is 24.1 Å². The summed E-state index contributed by atoms with van der Waals surface area (Å²) in [6, 6.07) is 6.80. The average molecular weight is 527 g/mol. The van der Waals surface area contributed by atoms with Crippen LogP contribution in [0.25, 0.3) is 5.69 Å². The van der Waals surface area contributed by atoms with Gasteiger partial charge in [-0.25, -0.2) is 18.5 Å². The van der Waals surface area contributed by atoms with Crippen LogP contribution in [0.4, 0.5) is 41.2 Å². The van der Waals surface area contributed by atoms with E-state index in [1.807, 2.05) is 0 Å². The first-order valence-electron chi connectivity index (χ1n) is 10.6. The molecule has 194 valence electrons. The summed E-state index contributed by atoms with van der Waals surface area (Å²) >= 11 is 0. The number of imidazole rings is 1. The normalized spacial score (nSPS) is 13.6. The van der Waals surface area contributed by atoms with Crippen LogP contribution in [0.2, 0.25) is 0 Å². The lowest BCUT2D eigenvalue weighted by Crippen LogP contribution is -2.31. The maximum atomic E-state index is 13.9. The Morgan fingerprint density at radius 3 is 2.24 bits per heavy atom. The van der Waals surface area contributed by atoms with Crippen molar-refractivity contribution >= 4 is 11.8 Å². The first-order valence-corrected chi connectivity index (χ1v) is 10.6. The summed E-state index contributed by atoms with van der Waals surface area (Å²) in [4.78, 5) is 26.3. The molecule has 13 heteroatoms. The van der Waals surface area contributed by atoms with Crippen LogP contribution in [0.15, 0.2) is 53.6 Å². The molecule has 37 heavy (non-hydrogen) atoms. The molecule has 2 aromatic carbocycles. The van der Waals surface area contributed by atoms with Gasteiger partial charge in [-0.15, -0.1) is 0 Å².